The summed E-state index contributed by atoms with van der Waals surface area (Å²) < 4.78 is 4.46. The molecule has 0 saturated carbocycles. The molecule has 3 nitrogen and oxygen atoms in total. The van der Waals surface area contributed by atoms with Gasteiger partial charge in [0.25, 0.3) is 0 Å². The van der Waals surface area contributed by atoms with Crippen molar-refractivity contribution >= 4 is 17.8 Å². The van der Waals surface area contributed by atoms with Gasteiger partial charge in [-0.2, -0.15) is 0 Å². The molecule has 0 aromatic heterocycles. The van der Waals surface area contributed by atoms with Crippen molar-refractivity contribution < 1.29 is 14.3 Å². The van der Waals surface area contributed by atoms with E-state index in [0.29, 0.717) is 5.56 Å². The lowest BCUT2D eigenvalue weighted by molar-refractivity contribution is -0.139. The van der Waals surface area contributed by atoms with Crippen molar-refractivity contribution in [2.24, 2.45) is 0 Å². The predicted molar refractivity (Wildman–Crippen MR) is 60.1 cm³/mol. The maximum atomic E-state index is 11.7. The molecule has 1 aromatic rings. The van der Waals surface area contributed by atoms with Crippen molar-refractivity contribution in [1.82, 2.24) is 0 Å². The minimum absolute atomic E-state index is 0.195. The van der Waals surface area contributed by atoms with Crippen LogP contribution in [0.2, 0.25) is 0 Å². The highest BCUT2D eigenvalue weighted by atomic mass is 16.5. The highest BCUT2D eigenvalue weighted by molar-refractivity contribution is 6.06. The van der Waals surface area contributed by atoms with Gasteiger partial charge < -0.3 is 4.74 Å². The van der Waals surface area contributed by atoms with E-state index in [9.17, 15) is 9.59 Å². The van der Waals surface area contributed by atoms with Crippen LogP contribution in [-0.4, -0.2) is 18.9 Å². The largest absolute Gasteiger partial charge is 0.469 e. The summed E-state index contributed by atoms with van der Waals surface area (Å²) in [6, 6.07) is 5.51. The third kappa shape index (κ3) is 2.03. The number of methoxy groups -OCH3 is 1. The SMILES string of the molecule is COC(=O)CC(=O)c1ccc2c(c1)C=CC2. The number of rotatable bonds is 3. The third-order valence-electron chi connectivity index (χ3n) is 2.64. The Morgan fingerprint density at radius 3 is 2.94 bits per heavy atom. The summed E-state index contributed by atoms with van der Waals surface area (Å²) in [6.45, 7) is 0. The third-order valence-corrected chi connectivity index (χ3v) is 2.64. The lowest BCUT2D eigenvalue weighted by Crippen LogP contribution is -2.09. The molecule has 0 amide bonds. The van der Waals surface area contributed by atoms with Crippen LogP contribution in [0.1, 0.15) is 27.9 Å². The van der Waals surface area contributed by atoms with E-state index < -0.39 is 5.97 Å². The first-order valence-corrected chi connectivity index (χ1v) is 5.10. The summed E-state index contributed by atoms with van der Waals surface area (Å²) in [7, 11) is 1.28. The molecule has 16 heavy (non-hydrogen) atoms. The molecule has 0 unspecified atom stereocenters. The maximum Gasteiger partial charge on any atom is 0.313 e. The van der Waals surface area contributed by atoms with Crippen molar-refractivity contribution in [3.63, 3.8) is 0 Å². The van der Waals surface area contributed by atoms with Gasteiger partial charge in [-0.1, -0.05) is 24.3 Å². The smallest absolute Gasteiger partial charge is 0.313 e. The van der Waals surface area contributed by atoms with Crippen molar-refractivity contribution in [1.29, 1.82) is 0 Å². The molecule has 0 spiro atoms. The molecule has 0 bridgehead atoms. The molecule has 82 valence electrons. The van der Waals surface area contributed by atoms with E-state index in [0.717, 1.165) is 12.0 Å². The molecule has 3 heteroatoms. The first-order chi connectivity index (χ1) is 7.70. The second kappa shape index (κ2) is 4.31. The number of ketones is 1. The van der Waals surface area contributed by atoms with Crippen molar-refractivity contribution in [2.45, 2.75) is 12.8 Å². The van der Waals surface area contributed by atoms with Crippen LogP contribution in [0.15, 0.2) is 24.3 Å². The molecule has 0 aliphatic heterocycles. The Hall–Kier alpha value is -1.90. The zero-order valence-electron chi connectivity index (χ0n) is 9.03. The summed E-state index contributed by atoms with van der Waals surface area (Å²) in [4.78, 5) is 22.7. The Morgan fingerprint density at radius 2 is 2.19 bits per heavy atom. The molecule has 0 fully saturated rings. The van der Waals surface area contributed by atoms with E-state index in [1.807, 2.05) is 18.2 Å². The average Bonchev–Trinajstić information content (AvgIpc) is 2.75. The van der Waals surface area contributed by atoms with Gasteiger partial charge in [0.1, 0.15) is 6.42 Å². The van der Waals surface area contributed by atoms with Gasteiger partial charge in [0.15, 0.2) is 5.78 Å². The number of hydrogen-bond donors (Lipinski definition) is 0. The first-order valence-electron chi connectivity index (χ1n) is 5.10. The maximum absolute atomic E-state index is 11.7. The van der Waals surface area contributed by atoms with Crippen LogP contribution < -0.4 is 0 Å². The van der Waals surface area contributed by atoms with Gasteiger partial charge in [-0.15, -0.1) is 0 Å². The average molecular weight is 216 g/mol. The number of fused-ring (bicyclic) bond motifs is 1. The van der Waals surface area contributed by atoms with Crippen LogP contribution in [0.4, 0.5) is 0 Å². The number of carbonyl (C=O) groups is 2. The summed E-state index contributed by atoms with van der Waals surface area (Å²) >= 11 is 0. The van der Waals surface area contributed by atoms with Crippen LogP contribution in [0.5, 0.6) is 0 Å². The summed E-state index contributed by atoms with van der Waals surface area (Å²) in [5.74, 6) is -0.698. The molecule has 1 aliphatic rings. The fourth-order valence-electron chi connectivity index (χ4n) is 1.73. The zero-order chi connectivity index (χ0) is 11.5. The van der Waals surface area contributed by atoms with Crippen LogP contribution in [0, 0.1) is 0 Å². The molecule has 1 aromatic carbocycles. The molecule has 0 radical (unpaired) electrons. The van der Waals surface area contributed by atoms with Crippen LogP contribution in [0.3, 0.4) is 0 Å². The van der Waals surface area contributed by atoms with E-state index in [4.69, 9.17) is 0 Å². The number of carbonyl (C=O) groups excluding carboxylic acids is 2. The lowest BCUT2D eigenvalue weighted by atomic mass is 10.0. The lowest BCUT2D eigenvalue weighted by Gasteiger charge is -2.03. The van der Waals surface area contributed by atoms with Gasteiger partial charge in [-0.3, -0.25) is 9.59 Å². The van der Waals surface area contributed by atoms with Crippen molar-refractivity contribution in [3.05, 3.63) is 41.0 Å². The molecule has 0 heterocycles. The fourth-order valence-corrected chi connectivity index (χ4v) is 1.73. The number of Topliss-reactive ketones (excluding diaryl/α,β-unsaturated/α-hetero) is 1. The number of allylic oxidation sites excluding steroid dienone is 1. The Bertz CT molecular complexity index is 472. The molecule has 0 saturated heterocycles. The molecular formula is C13H12O3. The van der Waals surface area contributed by atoms with Gasteiger partial charge in [0.2, 0.25) is 0 Å². The van der Waals surface area contributed by atoms with Gasteiger partial charge in [-0.25, -0.2) is 0 Å². The van der Waals surface area contributed by atoms with Gasteiger partial charge in [0, 0.05) is 5.56 Å². The summed E-state index contributed by atoms with van der Waals surface area (Å²) in [5, 5.41) is 0. The van der Waals surface area contributed by atoms with Crippen molar-refractivity contribution in [2.75, 3.05) is 7.11 Å². The number of ether oxygens (including phenoxy) is 1. The number of benzene rings is 1. The Balaban J connectivity index is 2.18. The van der Waals surface area contributed by atoms with E-state index in [1.165, 1.54) is 12.7 Å². The van der Waals surface area contributed by atoms with Gasteiger partial charge in [-0.05, 0) is 23.6 Å². The normalized spacial score (nSPS) is 12.3. The monoisotopic (exact) mass is 216 g/mol. The quantitative estimate of drug-likeness (QED) is 0.441. The molecule has 0 atom stereocenters. The van der Waals surface area contributed by atoms with Crippen LogP contribution in [0.25, 0.3) is 6.08 Å². The highest BCUT2D eigenvalue weighted by Gasteiger charge is 2.14. The van der Waals surface area contributed by atoms with E-state index in [1.54, 1.807) is 6.07 Å². The molecular weight excluding hydrogens is 204 g/mol. The molecule has 2 rings (SSSR count). The summed E-state index contributed by atoms with van der Waals surface area (Å²) in [5.41, 5.74) is 2.85. The Kier molecular flexibility index (Phi) is 2.86. The van der Waals surface area contributed by atoms with E-state index >= 15 is 0 Å². The van der Waals surface area contributed by atoms with E-state index in [-0.39, 0.29) is 12.2 Å². The number of hydrogen-bond acceptors (Lipinski definition) is 3. The minimum Gasteiger partial charge on any atom is -0.469 e. The zero-order valence-corrected chi connectivity index (χ0v) is 9.03. The topological polar surface area (TPSA) is 43.4 Å². The van der Waals surface area contributed by atoms with E-state index in [2.05, 4.69) is 10.8 Å². The first kappa shape index (κ1) is 10.6. The summed E-state index contributed by atoms with van der Waals surface area (Å²) in [6.07, 6.45) is 4.77. The Labute approximate surface area is 93.7 Å². The Morgan fingerprint density at radius 1 is 1.38 bits per heavy atom. The second-order valence-corrected chi connectivity index (χ2v) is 3.70. The second-order valence-electron chi connectivity index (χ2n) is 3.70. The van der Waals surface area contributed by atoms with Gasteiger partial charge in [0.05, 0.1) is 7.11 Å². The van der Waals surface area contributed by atoms with Crippen molar-refractivity contribution in [3.8, 4) is 0 Å². The van der Waals surface area contributed by atoms with Gasteiger partial charge >= 0.3 is 5.97 Å². The fraction of sp³-hybridized carbons (Fsp3) is 0.231. The standard InChI is InChI=1S/C13H12O3/c1-16-13(15)8-12(14)11-6-5-9-3-2-4-10(9)7-11/h2,4-7H,3,8H2,1H3. The van der Waals surface area contributed by atoms with Crippen LogP contribution in [-0.2, 0) is 16.0 Å². The highest BCUT2D eigenvalue weighted by Crippen LogP contribution is 2.21. The number of esters is 1. The molecule has 1 aliphatic carbocycles. The molecule has 0 N–H and O–H groups in total. The van der Waals surface area contributed by atoms with Crippen LogP contribution >= 0.6 is 0 Å². The predicted octanol–water partition coefficient (Wildman–Crippen LogP) is 2.00. The minimum atomic E-state index is -0.499.